The van der Waals surface area contributed by atoms with E-state index in [2.05, 4.69) is 96.1 Å². The number of aliphatic hydroxyl groups excluding tert-OH is 2. The number of anilines is 1. The summed E-state index contributed by atoms with van der Waals surface area (Å²) in [6, 6.07) is 1.24. The number of nitrogens with zero attached hydrogens (tertiary/aromatic N) is 2. The van der Waals surface area contributed by atoms with Gasteiger partial charge in [-0.1, -0.05) is 148 Å². The number of nitrogens with two attached hydrogens (primary N) is 1. The monoisotopic (exact) mass is 1120 g/mol. The van der Waals surface area contributed by atoms with Crippen molar-refractivity contribution in [2.24, 2.45) is 0 Å². The third kappa shape index (κ3) is 31.3. The smallest absolute Gasteiger partial charge is 0.462 e. The molecule has 19 nitrogen and oxygen atoms in total. The van der Waals surface area contributed by atoms with Crippen LogP contribution in [0.1, 0.15) is 136 Å². The van der Waals surface area contributed by atoms with Crippen LogP contribution in [-0.2, 0) is 51.0 Å². The van der Waals surface area contributed by atoms with E-state index in [-0.39, 0.29) is 18.7 Å². The maximum atomic E-state index is 12.9. The van der Waals surface area contributed by atoms with Crippen LogP contribution >= 0.6 is 15.6 Å². The molecule has 2 fully saturated rings. The van der Waals surface area contributed by atoms with E-state index in [1.54, 1.807) is 6.08 Å². The number of epoxide rings is 1. The van der Waals surface area contributed by atoms with Gasteiger partial charge in [0.05, 0.1) is 25.4 Å². The third-order valence-corrected chi connectivity index (χ3v) is 14.1. The number of nitrogen functional groups attached to an aromatic ring is 1. The molecule has 0 saturated carbocycles. The second kappa shape index (κ2) is 39.5. The Morgan fingerprint density at radius 1 is 0.649 bits per heavy atom. The first-order chi connectivity index (χ1) is 37.1. The molecule has 0 amide bonds. The highest BCUT2D eigenvalue weighted by Gasteiger charge is 2.46. The van der Waals surface area contributed by atoms with Gasteiger partial charge in [0.25, 0.3) is 0 Å². The van der Waals surface area contributed by atoms with Gasteiger partial charge in [0.2, 0.25) is 0 Å². The molecule has 3 rings (SSSR count). The Labute approximate surface area is 454 Å². The average Bonchev–Trinajstić information content (AvgIpc) is 4.09. The number of aromatic nitrogens is 2. The predicted octanol–water partition coefficient (Wildman–Crippen LogP) is 10.5. The quantitative estimate of drug-likeness (QED) is 0.0134. The van der Waals surface area contributed by atoms with Gasteiger partial charge in [-0.25, -0.2) is 13.9 Å². The molecule has 21 heteroatoms. The Bertz CT molecular complexity index is 2340. The van der Waals surface area contributed by atoms with E-state index in [0.717, 1.165) is 68.6 Å². The summed E-state index contributed by atoms with van der Waals surface area (Å²) < 4.78 is 62.3. The molecule has 0 aromatic carbocycles. The Morgan fingerprint density at radius 3 is 1.68 bits per heavy atom. The standard InChI is InChI=1S/C56H83N3O16P2/c1-3-5-7-8-9-10-11-12-13-14-15-16-17-18-23-26-29-32-36-40-52(61)72-46(43-69-51(60)39-35-31-28-25-22-20-19-21-24-27-30-34-38-48-47(73-48)37-33-6-4-2)44-70-76(65,66)75-77(67,68)71-45-49-53(62)54(63)55(74-49)59-42-41-50(57)58-56(59)64/h6,9-10,12-13,15-16,18,20-24,28-34,41-42,46-49,53-55,62-63H,3-5,7-8,11,14,17,19,25-27,35-40,43-45H2,1-2H3,(H,65,66)(H,67,68)(H2,57,58,64)/b10-9-,13-12-,16-15-,22-20-,23-18-,24-21-,31-28-,32-29-,33-6-,34-30-/t46-,47?,48?,49-,53-,54-,55-/m1/s1. The maximum Gasteiger partial charge on any atom is 0.481 e. The molecule has 2 saturated heterocycles. The van der Waals surface area contributed by atoms with Crippen LogP contribution in [0.15, 0.2) is 139 Å². The molecule has 1 aromatic rings. The molecule has 0 radical (unpaired) electrons. The van der Waals surface area contributed by atoms with Crippen molar-refractivity contribution < 1.29 is 71.0 Å². The molecule has 0 aliphatic carbocycles. The summed E-state index contributed by atoms with van der Waals surface area (Å²) in [5, 5.41) is 20.9. The number of phosphoric ester groups is 2. The Balaban J connectivity index is 1.43. The van der Waals surface area contributed by atoms with Crippen molar-refractivity contribution in [1.29, 1.82) is 0 Å². The molecule has 1 aromatic heterocycles. The zero-order chi connectivity index (χ0) is 56.0. The molecule has 77 heavy (non-hydrogen) atoms. The number of carbonyl (C=O) groups is 2. The van der Waals surface area contributed by atoms with Gasteiger partial charge in [-0.2, -0.15) is 9.29 Å². The summed E-state index contributed by atoms with van der Waals surface area (Å²) in [5.41, 5.74) is 4.58. The minimum Gasteiger partial charge on any atom is -0.462 e. The van der Waals surface area contributed by atoms with Gasteiger partial charge in [0.1, 0.15) is 30.7 Å². The summed E-state index contributed by atoms with van der Waals surface area (Å²) in [7, 11) is -10.9. The van der Waals surface area contributed by atoms with E-state index in [1.165, 1.54) is 25.3 Å². The lowest BCUT2D eigenvalue weighted by molar-refractivity contribution is -0.161. The van der Waals surface area contributed by atoms with Gasteiger partial charge in [-0.05, 0) is 96.0 Å². The zero-order valence-electron chi connectivity index (χ0n) is 44.6. The van der Waals surface area contributed by atoms with Crippen LogP contribution in [0, 0.1) is 0 Å². The molecule has 2 aliphatic heterocycles. The topological polar surface area (TPSA) is 278 Å². The van der Waals surface area contributed by atoms with Crippen molar-refractivity contribution in [3.8, 4) is 0 Å². The SMILES string of the molecule is CC/C=C\CC1OC1C/C=C\C/C=C\C/C=C\C/C=C\CCC(=O)OC[C@H](COP(=O)(O)OP(=O)(O)OC[C@H]1O[C@@H](n2ccc(N)nc2=O)[C@H](O)[C@@H]1O)OC(=O)CC/C=C\C/C=C\C/C=C\C/C=C\C/C=C\CCCCC. The predicted molar refractivity (Wildman–Crippen MR) is 297 cm³/mol. The second-order valence-electron chi connectivity index (χ2n) is 18.0. The lowest BCUT2D eigenvalue weighted by Crippen LogP contribution is -2.36. The molecule has 0 bridgehead atoms. The number of aliphatic hydroxyl groups is 2. The molecule has 2 aliphatic rings. The van der Waals surface area contributed by atoms with Crippen LogP contribution in [-0.4, -0.2) is 97.9 Å². The fourth-order valence-electron chi connectivity index (χ4n) is 7.24. The molecule has 3 heterocycles. The number of hydrogen-bond acceptors (Lipinski definition) is 16. The van der Waals surface area contributed by atoms with Gasteiger partial charge >= 0.3 is 33.3 Å². The van der Waals surface area contributed by atoms with Crippen LogP contribution in [0.25, 0.3) is 0 Å². The first kappa shape index (κ1) is 66.4. The van der Waals surface area contributed by atoms with Gasteiger partial charge in [0, 0.05) is 19.0 Å². The summed E-state index contributed by atoms with van der Waals surface area (Å²) in [5.74, 6) is -1.52. The summed E-state index contributed by atoms with van der Waals surface area (Å²) >= 11 is 0. The number of ether oxygens (including phenoxy) is 4. The van der Waals surface area contributed by atoms with Gasteiger partial charge in [-0.3, -0.25) is 23.2 Å². The number of carbonyl (C=O) groups excluding carboxylic acids is 2. The van der Waals surface area contributed by atoms with Crippen molar-refractivity contribution >= 4 is 33.4 Å². The zero-order valence-corrected chi connectivity index (χ0v) is 46.4. The van der Waals surface area contributed by atoms with Crippen LogP contribution in [0.3, 0.4) is 0 Å². The van der Waals surface area contributed by atoms with E-state index < -0.39 is 83.7 Å². The van der Waals surface area contributed by atoms with E-state index in [1.807, 2.05) is 42.5 Å². The van der Waals surface area contributed by atoms with Gasteiger partial charge in [-0.15, -0.1) is 0 Å². The number of unbranched alkanes of at least 4 members (excludes halogenated alkanes) is 3. The van der Waals surface area contributed by atoms with Crippen molar-refractivity contribution in [2.75, 3.05) is 25.6 Å². The van der Waals surface area contributed by atoms with Crippen molar-refractivity contribution in [1.82, 2.24) is 9.55 Å². The summed E-state index contributed by atoms with van der Waals surface area (Å²) in [4.78, 5) is 62.0. The highest BCUT2D eigenvalue weighted by atomic mass is 31.3. The Kier molecular flexibility index (Phi) is 34.0. The Morgan fingerprint density at radius 2 is 1.14 bits per heavy atom. The number of phosphoric acid groups is 2. The summed E-state index contributed by atoms with van der Waals surface area (Å²) in [6.07, 6.45) is 49.2. The van der Waals surface area contributed by atoms with Gasteiger partial charge < -0.3 is 44.7 Å². The van der Waals surface area contributed by atoms with Crippen molar-refractivity contribution in [3.05, 3.63) is 144 Å². The first-order valence-electron chi connectivity index (χ1n) is 26.7. The maximum absolute atomic E-state index is 12.9. The number of esters is 2. The average molecular weight is 1120 g/mol. The number of rotatable bonds is 41. The highest BCUT2D eigenvalue weighted by Crippen LogP contribution is 2.60. The van der Waals surface area contributed by atoms with Crippen LogP contribution in [0.4, 0.5) is 5.82 Å². The van der Waals surface area contributed by atoms with Crippen molar-refractivity contribution in [2.45, 2.75) is 172 Å². The number of hydrogen-bond donors (Lipinski definition) is 5. The van der Waals surface area contributed by atoms with E-state index in [0.29, 0.717) is 37.9 Å². The fraction of sp³-hybridized carbons (Fsp3) is 0.536. The minimum absolute atomic E-state index is 0.0247. The summed E-state index contributed by atoms with van der Waals surface area (Å²) in [6.45, 7) is 1.85. The molecule has 9 atom stereocenters. The van der Waals surface area contributed by atoms with Crippen LogP contribution < -0.4 is 11.4 Å². The molecule has 4 unspecified atom stereocenters. The fourth-order valence-corrected chi connectivity index (χ4v) is 9.35. The Hall–Kier alpha value is -4.88. The van der Waals surface area contributed by atoms with Crippen LogP contribution in [0.2, 0.25) is 0 Å². The first-order valence-corrected chi connectivity index (χ1v) is 29.7. The van der Waals surface area contributed by atoms with Crippen molar-refractivity contribution in [3.63, 3.8) is 0 Å². The molecule has 6 N–H and O–H groups in total. The molecular formula is C56H83N3O16P2. The largest absolute Gasteiger partial charge is 0.481 e. The molecule has 428 valence electrons. The number of allylic oxidation sites excluding steroid dienone is 18. The van der Waals surface area contributed by atoms with E-state index >= 15 is 0 Å². The molecular weight excluding hydrogens is 1030 g/mol. The second-order valence-corrected chi connectivity index (χ2v) is 21.1. The molecule has 0 spiro atoms. The highest BCUT2D eigenvalue weighted by molar-refractivity contribution is 7.61. The van der Waals surface area contributed by atoms with E-state index in [9.17, 15) is 43.5 Å². The lowest BCUT2D eigenvalue weighted by Gasteiger charge is -2.21. The van der Waals surface area contributed by atoms with Gasteiger partial charge in [0.15, 0.2) is 12.3 Å². The normalized spacial score (nSPS) is 22.2. The third-order valence-electron chi connectivity index (χ3n) is 11.5. The van der Waals surface area contributed by atoms with Crippen LogP contribution in [0.5, 0.6) is 0 Å². The minimum atomic E-state index is -5.47. The van der Waals surface area contributed by atoms with E-state index in [4.69, 9.17) is 33.7 Å². The lowest BCUT2D eigenvalue weighted by atomic mass is 10.1.